The number of carbonyl (C=O) groups is 3. The summed E-state index contributed by atoms with van der Waals surface area (Å²) in [6.07, 6.45) is 8.93. The lowest BCUT2D eigenvalue weighted by atomic mass is 9.99. The van der Waals surface area contributed by atoms with Gasteiger partial charge in [-0.2, -0.15) is 0 Å². The number of ether oxygens (including phenoxy) is 1. The highest BCUT2D eigenvalue weighted by atomic mass is 16.5. The van der Waals surface area contributed by atoms with E-state index in [9.17, 15) is 14.4 Å². The molecule has 0 radical (unpaired) electrons. The van der Waals surface area contributed by atoms with Gasteiger partial charge in [-0.1, -0.05) is 25.7 Å². The average Bonchev–Trinajstić information content (AvgIpc) is 2.82. The monoisotopic (exact) mass is 471 g/mol. The molecule has 0 aliphatic heterocycles. The summed E-state index contributed by atoms with van der Waals surface area (Å²) in [4.78, 5) is 37.3. The van der Waals surface area contributed by atoms with Crippen molar-refractivity contribution >= 4 is 17.7 Å². The van der Waals surface area contributed by atoms with Crippen LogP contribution in [0.4, 0.5) is 0 Å². The fourth-order valence-corrected chi connectivity index (χ4v) is 3.84. The Hall–Kier alpha value is -1.55. The van der Waals surface area contributed by atoms with Gasteiger partial charge in [0.05, 0.1) is 19.2 Å². The van der Waals surface area contributed by atoms with E-state index in [1.807, 2.05) is 21.1 Å². The number of carbonyl (C=O) groups excluding carboxylic acids is 3. The zero-order chi connectivity index (χ0) is 24.9. The maximum Gasteiger partial charge on any atom is 0.328 e. The van der Waals surface area contributed by atoms with Gasteiger partial charge in [0.15, 0.2) is 0 Å². The van der Waals surface area contributed by atoms with Gasteiger partial charge in [0.25, 0.3) is 0 Å². The van der Waals surface area contributed by atoms with Crippen molar-refractivity contribution in [2.24, 2.45) is 0 Å². The summed E-state index contributed by atoms with van der Waals surface area (Å²) < 4.78 is 4.89. The van der Waals surface area contributed by atoms with Gasteiger partial charge < -0.3 is 31.3 Å². The number of hydrogen-bond donors (Lipinski definition) is 5. The molecule has 9 nitrogen and oxygen atoms in total. The van der Waals surface area contributed by atoms with Crippen molar-refractivity contribution in [2.45, 2.75) is 88.8 Å². The number of nitrogens with one attached hydrogen (secondary N) is 5. The van der Waals surface area contributed by atoms with Crippen molar-refractivity contribution in [3.05, 3.63) is 0 Å². The van der Waals surface area contributed by atoms with Crippen LogP contribution in [-0.4, -0.2) is 84.2 Å². The third-order valence-electron chi connectivity index (χ3n) is 5.96. The summed E-state index contributed by atoms with van der Waals surface area (Å²) in [7, 11) is 8.77. The zero-order valence-electron chi connectivity index (χ0n) is 21.6. The Balaban J connectivity index is 4.40. The van der Waals surface area contributed by atoms with Gasteiger partial charge >= 0.3 is 5.97 Å². The van der Waals surface area contributed by atoms with Crippen molar-refractivity contribution in [2.75, 3.05) is 48.4 Å². The van der Waals surface area contributed by atoms with Crippen molar-refractivity contribution in [3.8, 4) is 0 Å². The molecule has 0 aromatic heterocycles. The van der Waals surface area contributed by atoms with Gasteiger partial charge in [0.1, 0.15) is 11.8 Å². The molecule has 3 unspecified atom stereocenters. The number of unbranched alkanes of at least 4 members (excludes halogenated alkanes) is 4. The Morgan fingerprint density at radius 2 is 1.18 bits per heavy atom. The molecule has 5 N–H and O–H groups in total. The van der Waals surface area contributed by atoms with Crippen LogP contribution in [0.2, 0.25) is 0 Å². The zero-order valence-corrected chi connectivity index (χ0v) is 21.6. The molecule has 0 aliphatic rings. The molecule has 194 valence electrons. The van der Waals surface area contributed by atoms with Gasteiger partial charge in [-0.25, -0.2) is 4.79 Å². The van der Waals surface area contributed by atoms with Crippen LogP contribution in [0.5, 0.6) is 0 Å². The fourth-order valence-electron chi connectivity index (χ4n) is 3.84. The largest absolute Gasteiger partial charge is 0.467 e. The number of ketones is 1. The van der Waals surface area contributed by atoms with E-state index in [4.69, 9.17) is 4.74 Å². The van der Waals surface area contributed by atoms with Crippen molar-refractivity contribution in [1.29, 1.82) is 0 Å². The third kappa shape index (κ3) is 15.1. The van der Waals surface area contributed by atoms with Gasteiger partial charge in [0, 0.05) is 6.42 Å². The van der Waals surface area contributed by atoms with Gasteiger partial charge in [-0.3, -0.25) is 9.59 Å². The van der Waals surface area contributed by atoms with Crippen molar-refractivity contribution < 1.29 is 19.1 Å². The molecule has 0 spiro atoms. The van der Waals surface area contributed by atoms with E-state index in [2.05, 4.69) is 26.6 Å². The molecule has 33 heavy (non-hydrogen) atoms. The predicted molar refractivity (Wildman–Crippen MR) is 133 cm³/mol. The number of hydrogen-bond acceptors (Lipinski definition) is 8. The lowest BCUT2D eigenvalue weighted by Gasteiger charge is -2.21. The standard InChI is InChI=1S/C24H49N5O4/c1-25-17-11-9-13-19(27-3)22(30)16-8-6-7-15-21(24(32)33-5)29-23(31)20(28-4)14-10-12-18-26-2/h19-21,25-28H,6-18H2,1-5H3,(H,29,31). The van der Waals surface area contributed by atoms with E-state index in [-0.39, 0.29) is 23.8 Å². The number of amides is 1. The molecule has 0 fully saturated rings. The molecule has 9 heteroatoms. The van der Waals surface area contributed by atoms with Crippen LogP contribution in [0.1, 0.15) is 70.6 Å². The van der Waals surface area contributed by atoms with Gasteiger partial charge in [-0.15, -0.1) is 0 Å². The number of Topliss-reactive ketones (excluding diaryl/α,β-unsaturated/α-hetero) is 1. The molecule has 0 aromatic rings. The molecule has 0 saturated heterocycles. The lowest BCUT2D eigenvalue weighted by molar-refractivity contribution is -0.145. The van der Waals surface area contributed by atoms with Crippen molar-refractivity contribution in [3.63, 3.8) is 0 Å². The first kappa shape index (κ1) is 31.4. The minimum atomic E-state index is -0.663. The van der Waals surface area contributed by atoms with Crippen LogP contribution in [-0.2, 0) is 19.1 Å². The minimum Gasteiger partial charge on any atom is -0.467 e. The molecular weight excluding hydrogens is 422 g/mol. The Kier molecular flexibility index (Phi) is 20.0. The average molecular weight is 472 g/mol. The maximum atomic E-state index is 12.6. The Labute approximate surface area is 200 Å². The topological polar surface area (TPSA) is 121 Å². The molecule has 0 heterocycles. The molecule has 0 bridgehead atoms. The molecule has 0 rings (SSSR count). The second-order valence-corrected chi connectivity index (χ2v) is 8.53. The van der Waals surface area contributed by atoms with Crippen LogP contribution in [0.25, 0.3) is 0 Å². The smallest absolute Gasteiger partial charge is 0.328 e. The fraction of sp³-hybridized carbons (Fsp3) is 0.875. The SMILES string of the molecule is CNCCCCC(NC)C(=O)CCCCCC(NC(=O)C(CCCCNC)NC)C(=O)OC. The van der Waals surface area contributed by atoms with Gasteiger partial charge in [0.2, 0.25) is 5.91 Å². The van der Waals surface area contributed by atoms with Gasteiger partial charge in [-0.05, 0) is 79.8 Å². The quantitative estimate of drug-likeness (QED) is 0.118. The summed E-state index contributed by atoms with van der Waals surface area (Å²) in [5.74, 6) is -0.362. The number of likely N-dealkylation sites (N-methyl/N-ethyl adjacent to an activating group) is 2. The highest BCUT2D eigenvalue weighted by Gasteiger charge is 2.25. The highest BCUT2D eigenvalue weighted by molar-refractivity contribution is 5.87. The van der Waals surface area contributed by atoms with Crippen LogP contribution in [0, 0.1) is 0 Å². The summed E-state index contributed by atoms with van der Waals surface area (Å²) in [5, 5.41) is 15.2. The number of rotatable bonds is 22. The Morgan fingerprint density at radius 1 is 0.667 bits per heavy atom. The summed E-state index contributed by atoms with van der Waals surface area (Å²) in [6.45, 7) is 1.88. The minimum absolute atomic E-state index is 0.0875. The van der Waals surface area contributed by atoms with E-state index in [0.29, 0.717) is 19.3 Å². The van der Waals surface area contributed by atoms with E-state index < -0.39 is 12.0 Å². The van der Waals surface area contributed by atoms with Crippen LogP contribution in [0.15, 0.2) is 0 Å². The first-order valence-corrected chi connectivity index (χ1v) is 12.5. The Bertz CT molecular complexity index is 533. The van der Waals surface area contributed by atoms with E-state index in [1.165, 1.54) is 7.11 Å². The second kappa shape index (κ2) is 21.0. The van der Waals surface area contributed by atoms with Crippen molar-refractivity contribution in [1.82, 2.24) is 26.6 Å². The predicted octanol–water partition coefficient (Wildman–Crippen LogP) is 1.12. The number of methoxy groups -OCH3 is 1. The summed E-state index contributed by atoms with van der Waals surface area (Å²) >= 11 is 0. The van der Waals surface area contributed by atoms with E-state index in [0.717, 1.165) is 64.5 Å². The molecule has 1 amide bonds. The maximum absolute atomic E-state index is 12.6. The van der Waals surface area contributed by atoms with Crippen LogP contribution < -0.4 is 26.6 Å². The summed E-state index contributed by atoms with van der Waals surface area (Å²) in [5.41, 5.74) is 0. The molecular formula is C24H49N5O4. The highest BCUT2D eigenvalue weighted by Crippen LogP contribution is 2.11. The van der Waals surface area contributed by atoms with E-state index in [1.54, 1.807) is 7.05 Å². The summed E-state index contributed by atoms with van der Waals surface area (Å²) in [6, 6.07) is -1.09. The third-order valence-corrected chi connectivity index (χ3v) is 5.96. The second-order valence-electron chi connectivity index (χ2n) is 8.53. The molecule has 3 atom stereocenters. The first-order chi connectivity index (χ1) is 15.9. The normalized spacial score (nSPS) is 13.8. The molecule has 0 aromatic carbocycles. The number of esters is 1. The van der Waals surface area contributed by atoms with Crippen LogP contribution >= 0.6 is 0 Å². The molecule has 0 aliphatic carbocycles. The lowest BCUT2D eigenvalue weighted by Crippen LogP contribution is -2.49. The molecule has 0 saturated carbocycles. The van der Waals surface area contributed by atoms with E-state index >= 15 is 0 Å². The van der Waals surface area contributed by atoms with Crippen LogP contribution in [0.3, 0.4) is 0 Å². The first-order valence-electron chi connectivity index (χ1n) is 12.5. The Morgan fingerprint density at radius 3 is 1.70 bits per heavy atom.